The second kappa shape index (κ2) is 6.58. The number of carbonyl (C=O) groups is 2. The van der Waals surface area contributed by atoms with E-state index in [1.54, 1.807) is 17.0 Å². The number of amides is 1. The van der Waals surface area contributed by atoms with Crippen LogP contribution in [0.4, 0.5) is 5.69 Å². The molecular formula is C15H15N3O2S2. The van der Waals surface area contributed by atoms with Crippen molar-refractivity contribution in [2.75, 3.05) is 17.2 Å². The lowest BCUT2D eigenvalue weighted by molar-refractivity contribution is -0.117. The van der Waals surface area contributed by atoms with Crippen molar-refractivity contribution in [2.45, 2.75) is 24.1 Å². The molecule has 3 rings (SSSR count). The van der Waals surface area contributed by atoms with Crippen LogP contribution in [-0.4, -0.2) is 34.2 Å². The van der Waals surface area contributed by atoms with E-state index in [0.717, 1.165) is 28.0 Å². The van der Waals surface area contributed by atoms with Gasteiger partial charge in [0.05, 0.1) is 5.75 Å². The maximum absolute atomic E-state index is 12.3. The highest BCUT2D eigenvalue weighted by molar-refractivity contribution is 8.01. The molecule has 114 valence electrons. The summed E-state index contributed by atoms with van der Waals surface area (Å²) >= 11 is 2.88. The minimum atomic E-state index is 0.0337. The summed E-state index contributed by atoms with van der Waals surface area (Å²) in [5.41, 5.74) is 1.44. The van der Waals surface area contributed by atoms with Crippen molar-refractivity contribution < 1.29 is 9.59 Å². The van der Waals surface area contributed by atoms with E-state index in [9.17, 15) is 9.59 Å². The van der Waals surface area contributed by atoms with Crippen molar-refractivity contribution in [2.24, 2.45) is 0 Å². The van der Waals surface area contributed by atoms with Crippen LogP contribution in [0.15, 0.2) is 28.6 Å². The van der Waals surface area contributed by atoms with Crippen molar-refractivity contribution in [3.8, 4) is 0 Å². The summed E-state index contributed by atoms with van der Waals surface area (Å²) < 4.78 is 0.803. The van der Waals surface area contributed by atoms with Gasteiger partial charge in [-0.15, -0.1) is 10.2 Å². The van der Waals surface area contributed by atoms with Gasteiger partial charge in [-0.05, 0) is 25.5 Å². The SMILES string of the molecule is Cc1nnc(SCC(=O)c2cccc(N3CCCC3=O)c2)s1. The number of hydrogen-bond acceptors (Lipinski definition) is 6. The van der Waals surface area contributed by atoms with Crippen LogP contribution >= 0.6 is 23.1 Å². The molecule has 22 heavy (non-hydrogen) atoms. The highest BCUT2D eigenvalue weighted by atomic mass is 32.2. The monoisotopic (exact) mass is 333 g/mol. The molecule has 0 unspecified atom stereocenters. The average Bonchev–Trinajstić information content (AvgIpc) is 3.13. The molecule has 5 nitrogen and oxygen atoms in total. The first kappa shape index (κ1) is 15.2. The van der Waals surface area contributed by atoms with Gasteiger partial charge in [0, 0.05) is 24.2 Å². The number of benzene rings is 1. The lowest BCUT2D eigenvalue weighted by atomic mass is 10.1. The molecule has 0 radical (unpaired) electrons. The smallest absolute Gasteiger partial charge is 0.227 e. The van der Waals surface area contributed by atoms with Crippen LogP contribution in [0.5, 0.6) is 0 Å². The van der Waals surface area contributed by atoms with Gasteiger partial charge in [-0.3, -0.25) is 9.59 Å². The lowest BCUT2D eigenvalue weighted by Gasteiger charge is -2.16. The molecule has 0 N–H and O–H groups in total. The number of anilines is 1. The van der Waals surface area contributed by atoms with Gasteiger partial charge in [-0.1, -0.05) is 35.2 Å². The number of nitrogens with zero attached hydrogens (tertiary/aromatic N) is 3. The number of hydrogen-bond donors (Lipinski definition) is 0. The fourth-order valence-corrected chi connectivity index (χ4v) is 4.03. The average molecular weight is 333 g/mol. The molecule has 2 aromatic rings. The Morgan fingerprint density at radius 3 is 2.95 bits per heavy atom. The highest BCUT2D eigenvalue weighted by Gasteiger charge is 2.22. The molecule has 1 amide bonds. The quantitative estimate of drug-likeness (QED) is 0.622. The summed E-state index contributed by atoms with van der Waals surface area (Å²) in [4.78, 5) is 25.8. The van der Waals surface area contributed by atoms with Gasteiger partial charge in [0.25, 0.3) is 0 Å². The van der Waals surface area contributed by atoms with Crippen LogP contribution in [0.1, 0.15) is 28.2 Å². The van der Waals surface area contributed by atoms with E-state index in [-0.39, 0.29) is 11.7 Å². The molecule has 1 saturated heterocycles. The zero-order valence-corrected chi connectivity index (χ0v) is 13.7. The van der Waals surface area contributed by atoms with Crippen molar-refractivity contribution in [1.29, 1.82) is 0 Å². The predicted molar refractivity (Wildman–Crippen MR) is 87.7 cm³/mol. The first-order valence-corrected chi connectivity index (χ1v) is 8.80. The van der Waals surface area contributed by atoms with E-state index < -0.39 is 0 Å². The molecule has 0 bridgehead atoms. The molecule has 0 atom stereocenters. The second-order valence-electron chi connectivity index (χ2n) is 5.00. The molecule has 2 heterocycles. The molecule has 7 heteroatoms. The summed E-state index contributed by atoms with van der Waals surface area (Å²) in [7, 11) is 0. The summed E-state index contributed by atoms with van der Waals surface area (Å²) in [5, 5.41) is 8.83. The molecule has 1 fully saturated rings. The van der Waals surface area contributed by atoms with Crippen molar-refractivity contribution in [3.05, 3.63) is 34.8 Å². The number of thioether (sulfide) groups is 1. The molecule has 1 aromatic carbocycles. The van der Waals surface area contributed by atoms with Crippen molar-refractivity contribution in [1.82, 2.24) is 10.2 Å². The molecule has 0 spiro atoms. The topological polar surface area (TPSA) is 63.2 Å². The van der Waals surface area contributed by atoms with Gasteiger partial charge in [-0.2, -0.15) is 0 Å². The van der Waals surface area contributed by atoms with Gasteiger partial charge in [0.2, 0.25) is 5.91 Å². The maximum atomic E-state index is 12.3. The number of aromatic nitrogens is 2. The second-order valence-corrected chi connectivity index (χ2v) is 7.40. The van der Waals surface area contributed by atoms with E-state index in [4.69, 9.17) is 0 Å². The Balaban J connectivity index is 1.68. The zero-order chi connectivity index (χ0) is 15.5. The van der Waals surface area contributed by atoms with E-state index in [1.807, 2.05) is 19.1 Å². The largest absolute Gasteiger partial charge is 0.312 e. The van der Waals surface area contributed by atoms with Crippen molar-refractivity contribution >= 4 is 40.5 Å². The highest BCUT2D eigenvalue weighted by Crippen LogP contribution is 2.25. The van der Waals surface area contributed by atoms with E-state index >= 15 is 0 Å². The third-order valence-electron chi connectivity index (χ3n) is 3.39. The molecule has 0 aliphatic carbocycles. The van der Waals surface area contributed by atoms with Crippen LogP contribution in [0.2, 0.25) is 0 Å². The first-order chi connectivity index (χ1) is 10.6. The van der Waals surface area contributed by atoms with E-state index in [1.165, 1.54) is 23.1 Å². The fraction of sp³-hybridized carbons (Fsp3) is 0.333. The van der Waals surface area contributed by atoms with Gasteiger partial charge in [-0.25, -0.2) is 0 Å². The van der Waals surface area contributed by atoms with Crippen LogP contribution in [-0.2, 0) is 4.79 Å². The summed E-state index contributed by atoms with van der Waals surface area (Å²) in [5.74, 6) is 0.487. The summed E-state index contributed by atoms with van der Waals surface area (Å²) in [6.07, 6.45) is 1.47. The molecule has 1 aromatic heterocycles. The first-order valence-electron chi connectivity index (χ1n) is 7.00. The Bertz CT molecular complexity index is 714. The minimum Gasteiger partial charge on any atom is -0.312 e. The van der Waals surface area contributed by atoms with Gasteiger partial charge < -0.3 is 4.90 Å². The predicted octanol–water partition coefficient (Wildman–Crippen LogP) is 2.95. The minimum absolute atomic E-state index is 0.0337. The Kier molecular flexibility index (Phi) is 4.54. The van der Waals surface area contributed by atoms with Gasteiger partial charge in [0.1, 0.15) is 5.01 Å². The Morgan fingerprint density at radius 2 is 2.27 bits per heavy atom. The summed E-state index contributed by atoms with van der Waals surface area (Å²) in [6.45, 7) is 2.62. The number of aryl methyl sites for hydroxylation is 1. The molecule has 0 saturated carbocycles. The van der Waals surface area contributed by atoms with Crippen LogP contribution < -0.4 is 4.90 Å². The Morgan fingerprint density at radius 1 is 1.41 bits per heavy atom. The normalized spacial score (nSPS) is 14.6. The zero-order valence-electron chi connectivity index (χ0n) is 12.1. The third-order valence-corrected chi connectivity index (χ3v) is 5.36. The number of carbonyl (C=O) groups excluding carboxylic acids is 2. The van der Waals surface area contributed by atoms with Crippen LogP contribution in [0, 0.1) is 6.92 Å². The Labute approximate surface area is 136 Å². The number of rotatable bonds is 5. The maximum Gasteiger partial charge on any atom is 0.227 e. The standard InChI is InChI=1S/C15H15N3O2S2/c1-10-16-17-15(22-10)21-9-13(19)11-4-2-5-12(8-11)18-7-3-6-14(18)20/h2,4-5,8H,3,6-7,9H2,1H3. The fourth-order valence-electron chi connectivity index (χ4n) is 2.32. The third kappa shape index (κ3) is 3.36. The lowest BCUT2D eigenvalue weighted by Crippen LogP contribution is -2.23. The molecular weight excluding hydrogens is 318 g/mol. The van der Waals surface area contributed by atoms with Crippen LogP contribution in [0.3, 0.4) is 0 Å². The van der Waals surface area contributed by atoms with Crippen LogP contribution in [0.25, 0.3) is 0 Å². The molecule has 1 aliphatic heterocycles. The summed E-state index contributed by atoms with van der Waals surface area (Å²) in [6, 6.07) is 7.30. The van der Waals surface area contributed by atoms with E-state index in [0.29, 0.717) is 17.7 Å². The van der Waals surface area contributed by atoms with Crippen molar-refractivity contribution in [3.63, 3.8) is 0 Å². The van der Waals surface area contributed by atoms with E-state index in [2.05, 4.69) is 10.2 Å². The van der Waals surface area contributed by atoms with Gasteiger partial charge in [0.15, 0.2) is 10.1 Å². The number of ketones is 1. The Hall–Kier alpha value is -1.73. The molecule has 1 aliphatic rings. The van der Waals surface area contributed by atoms with Gasteiger partial charge >= 0.3 is 0 Å². The number of Topliss-reactive ketones (excluding diaryl/α,β-unsaturated/α-hetero) is 1.